The molecule has 1 aromatic rings. The third kappa shape index (κ3) is 2.49. The van der Waals surface area contributed by atoms with E-state index in [1.54, 1.807) is 0 Å². The summed E-state index contributed by atoms with van der Waals surface area (Å²) in [6.07, 6.45) is 0. The number of nitrogens with one attached hydrogen (secondary N) is 1. The second-order valence-corrected chi connectivity index (χ2v) is 2.82. The van der Waals surface area contributed by atoms with E-state index in [1.165, 1.54) is 11.5 Å². The van der Waals surface area contributed by atoms with Crippen molar-refractivity contribution in [1.29, 1.82) is 0 Å². The van der Waals surface area contributed by atoms with E-state index in [0.717, 1.165) is 5.69 Å². The van der Waals surface area contributed by atoms with E-state index in [1.807, 2.05) is 12.3 Å². The molecular weight excluding hydrogens is 176 g/mol. The van der Waals surface area contributed by atoms with Crippen LogP contribution in [0.5, 0.6) is 0 Å². The van der Waals surface area contributed by atoms with Crippen molar-refractivity contribution in [3.05, 3.63) is 11.1 Å². The second-order valence-electron chi connectivity index (χ2n) is 2.21. The Hall–Kier alpha value is -0.560. The van der Waals surface area contributed by atoms with Gasteiger partial charge in [0.15, 0.2) is 0 Å². The van der Waals surface area contributed by atoms with Crippen LogP contribution in [0.1, 0.15) is 18.7 Å². The van der Waals surface area contributed by atoms with Gasteiger partial charge in [-0.05, 0) is 18.5 Å². The summed E-state index contributed by atoms with van der Waals surface area (Å²) in [7, 11) is 0. The van der Waals surface area contributed by atoms with Crippen molar-refractivity contribution in [3.8, 4) is 0 Å². The minimum absolute atomic E-state index is 0.0521. The maximum atomic E-state index is 5.31. The molecule has 0 amide bonds. The zero-order valence-electron chi connectivity index (χ0n) is 6.86. The molecule has 0 bridgehead atoms. The van der Waals surface area contributed by atoms with Gasteiger partial charge in [0, 0.05) is 12.0 Å². The summed E-state index contributed by atoms with van der Waals surface area (Å²) < 4.78 is 8.94. The van der Waals surface area contributed by atoms with E-state index in [-0.39, 0.29) is 6.04 Å². The number of hydrazine groups is 1. The van der Waals surface area contributed by atoms with Gasteiger partial charge < -0.3 is 4.74 Å². The Morgan fingerprint density at radius 1 is 1.83 bits per heavy atom. The molecule has 0 fully saturated rings. The van der Waals surface area contributed by atoms with Crippen LogP contribution in [0.3, 0.4) is 0 Å². The summed E-state index contributed by atoms with van der Waals surface area (Å²) in [4.78, 5) is 0. The molecule has 3 N–H and O–H groups in total. The average Bonchev–Trinajstić information content (AvgIpc) is 2.59. The highest BCUT2D eigenvalue weighted by atomic mass is 32.1. The fourth-order valence-corrected chi connectivity index (χ4v) is 1.29. The van der Waals surface area contributed by atoms with Crippen LogP contribution in [0.15, 0.2) is 5.38 Å². The predicted molar refractivity (Wildman–Crippen MR) is 46.5 cm³/mol. The first-order valence-electron chi connectivity index (χ1n) is 3.69. The van der Waals surface area contributed by atoms with Gasteiger partial charge in [-0.2, -0.15) is 0 Å². The van der Waals surface area contributed by atoms with Crippen molar-refractivity contribution < 1.29 is 4.74 Å². The lowest BCUT2D eigenvalue weighted by Gasteiger charge is -2.11. The maximum Gasteiger partial charge on any atom is 0.0961 e. The highest BCUT2D eigenvalue weighted by Gasteiger charge is 2.11. The zero-order chi connectivity index (χ0) is 8.81. The average molecular weight is 188 g/mol. The quantitative estimate of drug-likeness (QED) is 0.505. The molecule has 0 aliphatic rings. The third-order valence-electron chi connectivity index (χ3n) is 1.42. The van der Waals surface area contributed by atoms with E-state index in [9.17, 15) is 0 Å². The summed E-state index contributed by atoms with van der Waals surface area (Å²) >= 11 is 1.30. The van der Waals surface area contributed by atoms with E-state index in [4.69, 9.17) is 10.6 Å². The number of ether oxygens (including phenoxy) is 1. The van der Waals surface area contributed by atoms with Crippen LogP contribution in [0.2, 0.25) is 0 Å². The monoisotopic (exact) mass is 188 g/mol. The van der Waals surface area contributed by atoms with Gasteiger partial charge in [-0.1, -0.05) is 4.49 Å². The van der Waals surface area contributed by atoms with Crippen LogP contribution >= 0.6 is 11.5 Å². The lowest BCUT2D eigenvalue weighted by molar-refractivity contribution is 0.122. The van der Waals surface area contributed by atoms with Gasteiger partial charge in [0.2, 0.25) is 0 Å². The minimum atomic E-state index is -0.0521. The van der Waals surface area contributed by atoms with E-state index in [0.29, 0.717) is 13.2 Å². The Balaban J connectivity index is 2.45. The topological polar surface area (TPSA) is 73.1 Å². The predicted octanol–water partition coefficient (Wildman–Crippen LogP) is 0.0790. The number of nitrogens with two attached hydrogens (primary N) is 1. The Bertz CT molecular complexity index is 203. The fourth-order valence-electron chi connectivity index (χ4n) is 0.778. The van der Waals surface area contributed by atoms with Crippen molar-refractivity contribution >= 4 is 11.5 Å². The van der Waals surface area contributed by atoms with Crippen LogP contribution in [0.25, 0.3) is 0 Å². The fraction of sp³-hybridized carbons (Fsp3) is 0.667. The zero-order valence-corrected chi connectivity index (χ0v) is 7.67. The highest BCUT2D eigenvalue weighted by Crippen LogP contribution is 2.09. The molecule has 0 saturated heterocycles. The molecule has 0 spiro atoms. The first kappa shape index (κ1) is 9.53. The molecule has 0 aromatic carbocycles. The molecule has 12 heavy (non-hydrogen) atoms. The Morgan fingerprint density at radius 3 is 3.17 bits per heavy atom. The molecule has 1 atom stereocenters. The minimum Gasteiger partial charge on any atom is -0.380 e. The van der Waals surface area contributed by atoms with Gasteiger partial charge in [-0.25, -0.2) is 5.43 Å². The lowest BCUT2D eigenvalue weighted by Crippen LogP contribution is -2.31. The van der Waals surface area contributed by atoms with Crippen LogP contribution in [0.4, 0.5) is 0 Å². The van der Waals surface area contributed by atoms with Crippen molar-refractivity contribution in [3.63, 3.8) is 0 Å². The van der Waals surface area contributed by atoms with E-state index in [2.05, 4.69) is 15.0 Å². The molecule has 1 heterocycles. The number of aromatic nitrogens is 2. The van der Waals surface area contributed by atoms with Gasteiger partial charge in [-0.15, -0.1) is 5.10 Å². The highest BCUT2D eigenvalue weighted by molar-refractivity contribution is 7.03. The molecular formula is C6H12N4OS. The lowest BCUT2D eigenvalue weighted by atomic mass is 10.2. The van der Waals surface area contributed by atoms with Crippen LogP contribution in [-0.4, -0.2) is 22.8 Å². The summed E-state index contributed by atoms with van der Waals surface area (Å²) in [6.45, 7) is 3.14. The van der Waals surface area contributed by atoms with Crippen molar-refractivity contribution in [2.75, 3.05) is 13.2 Å². The molecule has 68 valence electrons. The first-order chi connectivity index (χ1) is 5.88. The summed E-state index contributed by atoms with van der Waals surface area (Å²) in [5.74, 6) is 5.31. The third-order valence-corrected chi connectivity index (χ3v) is 1.95. The van der Waals surface area contributed by atoms with Crippen LogP contribution in [0, 0.1) is 0 Å². The Kier molecular flexibility index (Phi) is 4.09. The molecule has 0 aliphatic heterocycles. The SMILES string of the molecule is CCOCC(NN)c1csnn1. The molecule has 6 heteroatoms. The number of rotatable bonds is 5. The number of nitrogens with zero attached hydrogens (tertiary/aromatic N) is 2. The molecule has 5 nitrogen and oxygen atoms in total. The largest absolute Gasteiger partial charge is 0.380 e. The van der Waals surface area contributed by atoms with Gasteiger partial charge >= 0.3 is 0 Å². The Labute approximate surface area is 75.1 Å². The number of hydrogen-bond donors (Lipinski definition) is 2. The van der Waals surface area contributed by atoms with Crippen LogP contribution < -0.4 is 11.3 Å². The Morgan fingerprint density at radius 2 is 2.67 bits per heavy atom. The van der Waals surface area contributed by atoms with Gasteiger partial charge in [0.1, 0.15) is 0 Å². The van der Waals surface area contributed by atoms with Crippen molar-refractivity contribution in [1.82, 2.24) is 15.0 Å². The summed E-state index contributed by atoms with van der Waals surface area (Å²) in [5, 5.41) is 5.74. The molecule has 0 radical (unpaired) electrons. The molecule has 1 aromatic heterocycles. The standard InChI is InChI=1S/C6H12N4OS/c1-2-11-3-5(8-7)6-4-12-10-9-6/h4-5,8H,2-3,7H2,1H3. The van der Waals surface area contributed by atoms with Crippen LogP contribution in [-0.2, 0) is 4.74 Å². The molecule has 0 aliphatic carbocycles. The van der Waals surface area contributed by atoms with Gasteiger partial charge in [0.25, 0.3) is 0 Å². The maximum absolute atomic E-state index is 5.31. The smallest absolute Gasteiger partial charge is 0.0961 e. The van der Waals surface area contributed by atoms with Gasteiger partial charge in [0.05, 0.1) is 18.3 Å². The summed E-state index contributed by atoms with van der Waals surface area (Å²) in [6, 6.07) is -0.0521. The first-order valence-corrected chi connectivity index (χ1v) is 4.53. The van der Waals surface area contributed by atoms with Crippen molar-refractivity contribution in [2.24, 2.45) is 5.84 Å². The van der Waals surface area contributed by atoms with Gasteiger partial charge in [-0.3, -0.25) is 5.84 Å². The number of hydrogen-bond acceptors (Lipinski definition) is 6. The molecule has 0 saturated carbocycles. The molecule has 1 rings (SSSR count). The second kappa shape index (κ2) is 5.15. The summed E-state index contributed by atoms with van der Waals surface area (Å²) in [5.41, 5.74) is 3.45. The molecule has 1 unspecified atom stereocenters. The van der Waals surface area contributed by atoms with Crippen molar-refractivity contribution in [2.45, 2.75) is 13.0 Å². The van der Waals surface area contributed by atoms with E-state index < -0.39 is 0 Å². The van der Waals surface area contributed by atoms with E-state index >= 15 is 0 Å². The normalized spacial score (nSPS) is 13.2.